The second kappa shape index (κ2) is 6.47. The van der Waals surface area contributed by atoms with E-state index in [0.717, 1.165) is 56.8 Å². The lowest BCUT2D eigenvalue weighted by Gasteiger charge is -2.44. The van der Waals surface area contributed by atoms with E-state index in [2.05, 4.69) is 23.8 Å². The highest BCUT2D eigenvalue weighted by molar-refractivity contribution is 5.34. The van der Waals surface area contributed by atoms with Crippen LogP contribution in [0.2, 0.25) is 0 Å². The summed E-state index contributed by atoms with van der Waals surface area (Å²) in [6.07, 6.45) is 11.1. The zero-order valence-electron chi connectivity index (χ0n) is 12.5. The lowest BCUT2D eigenvalue weighted by atomic mass is 9.63. The maximum absolute atomic E-state index is 10.5. The molecule has 2 aliphatic carbocycles. The summed E-state index contributed by atoms with van der Waals surface area (Å²) < 4.78 is 0. The first-order chi connectivity index (χ1) is 9.56. The van der Waals surface area contributed by atoms with Gasteiger partial charge in [0, 0.05) is 0 Å². The molecular weight excluding hydrogens is 252 g/mol. The molecule has 0 N–H and O–H groups in total. The second-order valence-electron chi connectivity index (χ2n) is 7.06. The molecule has 110 valence electrons. The Morgan fingerprint density at radius 3 is 2.00 bits per heavy atom. The van der Waals surface area contributed by atoms with E-state index in [9.17, 15) is 9.59 Å². The van der Waals surface area contributed by atoms with Gasteiger partial charge in [0.05, 0.1) is 12.1 Å². The van der Waals surface area contributed by atoms with Crippen LogP contribution in [0.25, 0.3) is 0 Å². The number of aliphatic imine (C=N–C) groups is 2. The van der Waals surface area contributed by atoms with Gasteiger partial charge in [0.15, 0.2) is 0 Å². The molecule has 0 radical (unpaired) electrons. The largest absolute Gasteiger partial charge is 0.235 e. The Labute approximate surface area is 120 Å². The lowest BCUT2D eigenvalue weighted by molar-refractivity contribution is 0.0914. The number of rotatable bonds is 3. The number of hydrogen-bond acceptors (Lipinski definition) is 4. The fourth-order valence-electron chi connectivity index (χ4n) is 4.16. The average Bonchev–Trinajstić information content (AvgIpc) is 2.42. The molecule has 2 rings (SSSR count). The molecule has 20 heavy (non-hydrogen) atoms. The van der Waals surface area contributed by atoms with Crippen LogP contribution in [0.3, 0.4) is 0 Å². The Bertz CT molecular complexity index is 426. The Morgan fingerprint density at radius 2 is 1.45 bits per heavy atom. The maximum Gasteiger partial charge on any atom is 0.235 e. The zero-order valence-corrected chi connectivity index (χ0v) is 12.5. The normalized spacial score (nSPS) is 36.5. The van der Waals surface area contributed by atoms with Gasteiger partial charge >= 0.3 is 0 Å². The lowest BCUT2D eigenvalue weighted by Crippen LogP contribution is -2.38. The summed E-state index contributed by atoms with van der Waals surface area (Å²) >= 11 is 0. The molecule has 2 saturated carbocycles. The molecule has 0 aromatic carbocycles. The van der Waals surface area contributed by atoms with Crippen molar-refractivity contribution in [2.45, 2.75) is 70.9 Å². The highest BCUT2D eigenvalue weighted by Crippen LogP contribution is 2.46. The standard InChI is InChI=1S/C16H24N2O2/c1-16(2)9-13(5-8-15(16)18-11-20)12-3-6-14(7-4-12)17-10-19/h12-15H,3-9H2,1-2H3. The predicted molar refractivity (Wildman–Crippen MR) is 76.9 cm³/mol. The van der Waals surface area contributed by atoms with Crippen molar-refractivity contribution in [3.63, 3.8) is 0 Å². The molecule has 0 saturated heterocycles. The van der Waals surface area contributed by atoms with Crippen molar-refractivity contribution < 1.29 is 9.59 Å². The van der Waals surface area contributed by atoms with E-state index in [0.29, 0.717) is 0 Å². The van der Waals surface area contributed by atoms with Gasteiger partial charge in [0.1, 0.15) is 0 Å². The van der Waals surface area contributed by atoms with E-state index >= 15 is 0 Å². The first-order valence-corrected chi connectivity index (χ1v) is 7.71. The van der Waals surface area contributed by atoms with E-state index in [1.54, 1.807) is 12.2 Å². The Balaban J connectivity index is 1.92. The molecule has 0 aliphatic heterocycles. The molecule has 0 spiro atoms. The van der Waals surface area contributed by atoms with Gasteiger partial charge in [-0.3, -0.25) is 0 Å². The molecule has 0 amide bonds. The van der Waals surface area contributed by atoms with Crippen LogP contribution in [0, 0.1) is 17.3 Å². The first-order valence-electron chi connectivity index (χ1n) is 7.71. The van der Waals surface area contributed by atoms with E-state index in [1.807, 2.05) is 0 Å². The zero-order chi connectivity index (χ0) is 14.6. The molecule has 2 atom stereocenters. The Hall–Kier alpha value is -1.24. The van der Waals surface area contributed by atoms with Gasteiger partial charge < -0.3 is 0 Å². The van der Waals surface area contributed by atoms with Crippen molar-refractivity contribution >= 4 is 12.2 Å². The molecule has 0 heterocycles. The van der Waals surface area contributed by atoms with Crippen LogP contribution < -0.4 is 0 Å². The first kappa shape index (κ1) is 15.2. The van der Waals surface area contributed by atoms with Crippen LogP contribution in [0.5, 0.6) is 0 Å². The number of hydrogen-bond donors (Lipinski definition) is 0. The third-order valence-electron chi connectivity index (χ3n) is 5.35. The van der Waals surface area contributed by atoms with E-state index in [4.69, 9.17) is 0 Å². The van der Waals surface area contributed by atoms with Gasteiger partial charge in [0.25, 0.3) is 0 Å². The Morgan fingerprint density at radius 1 is 0.850 bits per heavy atom. The van der Waals surface area contributed by atoms with Crippen molar-refractivity contribution in [1.29, 1.82) is 0 Å². The van der Waals surface area contributed by atoms with Gasteiger partial charge in [-0.1, -0.05) is 13.8 Å². The van der Waals surface area contributed by atoms with Crippen molar-refractivity contribution in [3.05, 3.63) is 0 Å². The van der Waals surface area contributed by atoms with Crippen molar-refractivity contribution in [3.8, 4) is 0 Å². The SMILES string of the molecule is CC1(C)CC(C2CCC(N=C=O)CC2)CCC1N=C=O. The molecule has 2 fully saturated rings. The van der Waals surface area contributed by atoms with Gasteiger partial charge in [-0.05, 0) is 62.2 Å². The van der Waals surface area contributed by atoms with Crippen LogP contribution >= 0.6 is 0 Å². The minimum absolute atomic E-state index is 0.0954. The quantitative estimate of drug-likeness (QED) is 0.586. The van der Waals surface area contributed by atoms with E-state index in [1.165, 1.54) is 0 Å². The smallest absolute Gasteiger partial charge is 0.211 e. The fourth-order valence-corrected chi connectivity index (χ4v) is 4.16. The molecule has 2 aliphatic rings. The third kappa shape index (κ3) is 3.45. The number of carbonyl (C=O) groups excluding carboxylic acids is 2. The van der Waals surface area contributed by atoms with Crippen molar-refractivity contribution in [2.24, 2.45) is 27.2 Å². The fraction of sp³-hybridized carbons (Fsp3) is 0.875. The summed E-state index contributed by atoms with van der Waals surface area (Å²) in [7, 11) is 0. The average molecular weight is 276 g/mol. The molecule has 0 aromatic rings. The van der Waals surface area contributed by atoms with Gasteiger partial charge in [-0.15, -0.1) is 0 Å². The highest BCUT2D eigenvalue weighted by atomic mass is 16.1. The van der Waals surface area contributed by atoms with Gasteiger partial charge in [-0.25, -0.2) is 19.6 Å². The van der Waals surface area contributed by atoms with Crippen LogP contribution in [0.4, 0.5) is 0 Å². The molecule has 0 aromatic heterocycles. The maximum atomic E-state index is 10.5. The second-order valence-corrected chi connectivity index (χ2v) is 7.06. The van der Waals surface area contributed by atoms with Crippen LogP contribution in [-0.4, -0.2) is 24.2 Å². The monoisotopic (exact) mass is 276 g/mol. The predicted octanol–water partition coefficient (Wildman–Crippen LogP) is 3.41. The minimum Gasteiger partial charge on any atom is -0.211 e. The van der Waals surface area contributed by atoms with Crippen LogP contribution in [0.15, 0.2) is 9.98 Å². The summed E-state index contributed by atoms with van der Waals surface area (Å²) in [6, 6.07) is 0.333. The third-order valence-corrected chi connectivity index (χ3v) is 5.35. The van der Waals surface area contributed by atoms with Crippen LogP contribution in [0.1, 0.15) is 58.8 Å². The van der Waals surface area contributed by atoms with Crippen molar-refractivity contribution in [1.82, 2.24) is 0 Å². The summed E-state index contributed by atoms with van der Waals surface area (Å²) in [5.41, 5.74) is 0.0954. The van der Waals surface area contributed by atoms with E-state index in [-0.39, 0.29) is 17.5 Å². The van der Waals surface area contributed by atoms with Gasteiger partial charge in [0.2, 0.25) is 12.2 Å². The minimum atomic E-state index is 0.0954. The molecular formula is C16H24N2O2. The molecule has 0 bridgehead atoms. The number of isocyanates is 2. The molecule has 4 heteroatoms. The topological polar surface area (TPSA) is 58.9 Å². The van der Waals surface area contributed by atoms with Gasteiger partial charge in [-0.2, -0.15) is 0 Å². The van der Waals surface area contributed by atoms with Crippen molar-refractivity contribution in [2.75, 3.05) is 0 Å². The van der Waals surface area contributed by atoms with Crippen LogP contribution in [-0.2, 0) is 9.59 Å². The summed E-state index contributed by atoms with van der Waals surface area (Å²) in [4.78, 5) is 28.7. The highest BCUT2D eigenvalue weighted by Gasteiger charge is 2.40. The Kier molecular flexibility index (Phi) is 4.91. The summed E-state index contributed by atoms with van der Waals surface area (Å²) in [5.74, 6) is 1.47. The number of nitrogens with zero attached hydrogens (tertiary/aromatic N) is 2. The summed E-state index contributed by atoms with van der Waals surface area (Å²) in [6.45, 7) is 4.43. The molecule has 4 nitrogen and oxygen atoms in total. The van der Waals surface area contributed by atoms with E-state index < -0.39 is 0 Å². The molecule has 2 unspecified atom stereocenters. The summed E-state index contributed by atoms with van der Waals surface area (Å²) in [5, 5.41) is 0.